The minimum absolute atomic E-state index is 0.265. The maximum atomic E-state index is 8.95. The lowest BCUT2D eigenvalue weighted by molar-refractivity contribution is 0.288. The first-order valence-electron chi connectivity index (χ1n) is 5.96. The van der Waals surface area contributed by atoms with E-state index in [9.17, 15) is 0 Å². The number of aliphatic hydroxyl groups excluding tert-OH is 1. The van der Waals surface area contributed by atoms with Crippen molar-refractivity contribution in [3.63, 3.8) is 0 Å². The quantitative estimate of drug-likeness (QED) is 0.918. The molecule has 0 unspecified atom stereocenters. The second kappa shape index (κ2) is 5.69. The van der Waals surface area contributed by atoms with Crippen LogP contribution in [0.5, 0.6) is 0 Å². The molecule has 1 aliphatic heterocycles. The van der Waals surface area contributed by atoms with Crippen molar-refractivity contribution in [1.82, 2.24) is 0 Å². The van der Waals surface area contributed by atoms with Gasteiger partial charge in [-0.05, 0) is 43.4 Å². The van der Waals surface area contributed by atoms with Crippen LogP contribution in [0.1, 0.15) is 24.8 Å². The highest BCUT2D eigenvalue weighted by Gasteiger charge is 2.16. The number of benzene rings is 1. The van der Waals surface area contributed by atoms with Crippen molar-refractivity contribution in [2.45, 2.75) is 25.7 Å². The number of nitrogens with zero attached hydrogens (tertiary/aromatic N) is 1. The Hall–Kier alpha value is -0.540. The maximum Gasteiger partial charge on any atom is 0.0434 e. The highest BCUT2D eigenvalue weighted by atomic mass is 79.9. The van der Waals surface area contributed by atoms with E-state index in [0.717, 1.165) is 12.8 Å². The molecule has 1 aromatic carbocycles. The van der Waals surface area contributed by atoms with Gasteiger partial charge in [0, 0.05) is 29.9 Å². The molecule has 1 heterocycles. The highest BCUT2D eigenvalue weighted by molar-refractivity contribution is 9.10. The maximum absolute atomic E-state index is 8.95. The van der Waals surface area contributed by atoms with Gasteiger partial charge in [-0.25, -0.2) is 0 Å². The van der Waals surface area contributed by atoms with E-state index >= 15 is 0 Å². The first-order chi connectivity index (χ1) is 7.83. The highest BCUT2D eigenvalue weighted by Crippen LogP contribution is 2.31. The first kappa shape index (κ1) is 11.9. The number of hydrogen-bond donors (Lipinski definition) is 1. The molecule has 0 saturated carbocycles. The molecule has 16 heavy (non-hydrogen) atoms. The van der Waals surface area contributed by atoms with Gasteiger partial charge in [0.2, 0.25) is 0 Å². The largest absolute Gasteiger partial charge is 0.396 e. The number of rotatable bonds is 4. The van der Waals surface area contributed by atoms with Crippen LogP contribution in [-0.4, -0.2) is 24.8 Å². The number of hydrogen-bond acceptors (Lipinski definition) is 2. The molecule has 0 spiro atoms. The third-order valence-electron chi connectivity index (χ3n) is 3.13. The molecule has 88 valence electrons. The monoisotopic (exact) mass is 283 g/mol. The lowest BCUT2D eigenvalue weighted by atomic mass is 10.1. The van der Waals surface area contributed by atoms with E-state index in [4.69, 9.17) is 5.11 Å². The van der Waals surface area contributed by atoms with Crippen molar-refractivity contribution < 1.29 is 5.11 Å². The average Bonchev–Trinajstić information content (AvgIpc) is 2.80. The van der Waals surface area contributed by atoms with Crippen LogP contribution >= 0.6 is 15.9 Å². The topological polar surface area (TPSA) is 23.5 Å². The summed E-state index contributed by atoms with van der Waals surface area (Å²) in [4.78, 5) is 2.46. The van der Waals surface area contributed by atoms with Gasteiger partial charge in [0.15, 0.2) is 0 Å². The number of anilines is 1. The Kier molecular flexibility index (Phi) is 4.24. The lowest BCUT2D eigenvalue weighted by Gasteiger charge is -2.22. The predicted octanol–water partition coefficient (Wildman–Crippen LogP) is 2.97. The van der Waals surface area contributed by atoms with E-state index in [1.54, 1.807) is 0 Å². The van der Waals surface area contributed by atoms with Crippen molar-refractivity contribution in [3.8, 4) is 0 Å². The predicted molar refractivity (Wildman–Crippen MR) is 71.0 cm³/mol. The minimum atomic E-state index is 0.265. The van der Waals surface area contributed by atoms with Crippen LogP contribution in [0, 0.1) is 0 Å². The Bertz CT molecular complexity index is 348. The third kappa shape index (κ3) is 2.58. The smallest absolute Gasteiger partial charge is 0.0434 e. The minimum Gasteiger partial charge on any atom is -0.396 e. The van der Waals surface area contributed by atoms with Crippen LogP contribution < -0.4 is 4.90 Å². The van der Waals surface area contributed by atoms with Gasteiger partial charge < -0.3 is 10.0 Å². The third-order valence-corrected chi connectivity index (χ3v) is 3.87. The van der Waals surface area contributed by atoms with Crippen LogP contribution in [0.4, 0.5) is 5.69 Å². The molecule has 0 bridgehead atoms. The van der Waals surface area contributed by atoms with E-state index in [1.807, 2.05) is 0 Å². The molecule has 0 radical (unpaired) electrons. The van der Waals surface area contributed by atoms with Crippen LogP contribution in [0.25, 0.3) is 0 Å². The standard InChI is InChI=1S/C13H18BrNO/c14-12-6-3-7-13(11(12)5-4-10-16)15-8-1-2-9-15/h3,6-7,16H,1-2,4-5,8-10H2. The average molecular weight is 284 g/mol. The first-order valence-corrected chi connectivity index (χ1v) is 6.75. The SMILES string of the molecule is OCCCc1c(Br)cccc1N1CCCC1. The van der Waals surface area contributed by atoms with Crippen molar-refractivity contribution in [3.05, 3.63) is 28.2 Å². The number of halogens is 1. The summed E-state index contributed by atoms with van der Waals surface area (Å²) in [5, 5.41) is 8.95. The summed E-state index contributed by atoms with van der Waals surface area (Å²) < 4.78 is 1.17. The normalized spacial score (nSPS) is 15.8. The zero-order chi connectivity index (χ0) is 11.4. The van der Waals surface area contributed by atoms with E-state index < -0.39 is 0 Å². The Balaban J connectivity index is 2.24. The summed E-state index contributed by atoms with van der Waals surface area (Å²) in [6.07, 6.45) is 4.38. The molecule has 0 aliphatic carbocycles. The molecule has 2 nitrogen and oxygen atoms in total. The van der Waals surface area contributed by atoms with Gasteiger partial charge in [0.05, 0.1) is 0 Å². The molecule has 3 heteroatoms. The number of aliphatic hydroxyl groups is 1. The summed E-state index contributed by atoms with van der Waals surface area (Å²) in [6.45, 7) is 2.60. The van der Waals surface area contributed by atoms with Crippen LogP contribution in [0.2, 0.25) is 0 Å². The second-order valence-corrected chi connectivity index (χ2v) is 5.11. The van der Waals surface area contributed by atoms with Gasteiger partial charge in [-0.2, -0.15) is 0 Å². The van der Waals surface area contributed by atoms with Crippen molar-refractivity contribution in [2.75, 3.05) is 24.6 Å². The molecule has 1 aromatic rings. The molecule has 1 N–H and O–H groups in total. The summed E-state index contributed by atoms with van der Waals surface area (Å²) >= 11 is 3.62. The lowest BCUT2D eigenvalue weighted by Crippen LogP contribution is -2.19. The fourth-order valence-corrected chi connectivity index (χ4v) is 2.86. The van der Waals surface area contributed by atoms with E-state index in [1.165, 1.54) is 41.7 Å². The van der Waals surface area contributed by atoms with Gasteiger partial charge in [-0.1, -0.05) is 22.0 Å². The molecule has 2 rings (SSSR count). The molecule has 1 fully saturated rings. The zero-order valence-corrected chi connectivity index (χ0v) is 11.0. The van der Waals surface area contributed by atoms with Gasteiger partial charge in [-0.15, -0.1) is 0 Å². The Morgan fingerprint density at radius 3 is 2.69 bits per heavy atom. The van der Waals surface area contributed by atoms with E-state index in [-0.39, 0.29) is 6.61 Å². The summed E-state index contributed by atoms with van der Waals surface area (Å²) in [6, 6.07) is 6.38. The summed E-state index contributed by atoms with van der Waals surface area (Å²) in [5.74, 6) is 0. The van der Waals surface area contributed by atoms with Gasteiger partial charge in [0.25, 0.3) is 0 Å². The van der Waals surface area contributed by atoms with E-state index in [2.05, 4.69) is 39.0 Å². The molecule has 0 amide bonds. The van der Waals surface area contributed by atoms with Crippen LogP contribution in [0.15, 0.2) is 22.7 Å². The second-order valence-electron chi connectivity index (χ2n) is 4.26. The van der Waals surface area contributed by atoms with Gasteiger partial charge in [0.1, 0.15) is 0 Å². The molecule has 1 saturated heterocycles. The molecule has 1 aliphatic rings. The molecule has 0 aromatic heterocycles. The van der Waals surface area contributed by atoms with E-state index in [0.29, 0.717) is 0 Å². The Morgan fingerprint density at radius 1 is 1.25 bits per heavy atom. The van der Waals surface area contributed by atoms with Gasteiger partial charge >= 0.3 is 0 Å². The molecular weight excluding hydrogens is 266 g/mol. The van der Waals surface area contributed by atoms with Crippen molar-refractivity contribution in [1.29, 1.82) is 0 Å². The Morgan fingerprint density at radius 2 is 2.00 bits per heavy atom. The fraction of sp³-hybridized carbons (Fsp3) is 0.538. The fourth-order valence-electron chi connectivity index (χ4n) is 2.30. The Labute approximate surface area is 105 Å². The molecule has 0 atom stereocenters. The summed E-state index contributed by atoms with van der Waals surface area (Å²) in [7, 11) is 0. The van der Waals surface area contributed by atoms with Gasteiger partial charge in [-0.3, -0.25) is 0 Å². The van der Waals surface area contributed by atoms with Crippen molar-refractivity contribution >= 4 is 21.6 Å². The van der Waals surface area contributed by atoms with Crippen LogP contribution in [0.3, 0.4) is 0 Å². The zero-order valence-electron chi connectivity index (χ0n) is 9.45. The molecular formula is C13H18BrNO. The van der Waals surface area contributed by atoms with Crippen molar-refractivity contribution in [2.24, 2.45) is 0 Å². The van der Waals surface area contributed by atoms with Crippen LogP contribution in [-0.2, 0) is 6.42 Å². The summed E-state index contributed by atoms with van der Waals surface area (Å²) in [5.41, 5.74) is 2.69.